The number of nitrogens with zero attached hydrogens (tertiary/aromatic N) is 2. The maximum absolute atomic E-state index is 14.6. The molecule has 46 heavy (non-hydrogen) atoms. The first-order valence-corrected chi connectivity index (χ1v) is 17.1. The number of benzene rings is 1. The van der Waals surface area contributed by atoms with Crippen LogP contribution in [0.2, 0.25) is 0 Å². The molecule has 3 heterocycles. The van der Waals surface area contributed by atoms with E-state index in [1.807, 2.05) is 58.0 Å². The van der Waals surface area contributed by atoms with Crippen LogP contribution >= 0.6 is 15.9 Å². The predicted octanol–water partition coefficient (Wildman–Crippen LogP) is 3.93. The van der Waals surface area contributed by atoms with Crippen LogP contribution in [0.15, 0.2) is 55.6 Å². The van der Waals surface area contributed by atoms with Gasteiger partial charge in [-0.05, 0) is 44.6 Å². The number of hydrogen-bond acceptors (Lipinski definition) is 7. The van der Waals surface area contributed by atoms with E-state index in [0.29, 0.717) is 24.8 Å². The number of ether oxygens (including phenoxy) is 2. The Hall–Kier alpha value is -3.02. The first-order chi connectivity index (χ1) is 21.9. The van der Waals surface area contributed by atoms with Gasteiger partial charge in [0.15, 0.2) is 0 Å². The van der Waals surface area contributed by atoms with Crippen molar-refractivity contribution in [1.82, 2.24) is 15.1 Å². The van der Waals surface area contributed by atoms with Gasteiger partial charge in [-0.2, -0.15) is 0 Å². The summed E-state index contributed by atoms with van der Waals surface area (Å²) in [4.78, 5) is 58.6. The molecule has 1 aromatic carbocycles. The Bertz CT molecular complexity index is 1290. The maximum atomic E-state index is 14.6. The molecule has 0 aromatic heterocycles. The molecule has 2 bridgehead atoms. The Morgan fingerprint density at radius 3 is 2.48 bits per heavy atom. The quantitative estimate of drug-likeness (QED) is 0.152. The summed E-state index contributed by atoms with van der Waals surface area (Å²) in [5.41, 5.74) is -0.605. The molecule has 3 aliphatic rings. The lowest BCUT2D eigenvalue weighted by molar-refractivity contribution is -0.161. The second-order valence-electron chi connectivity index (χ2n) is 13.2. The van der Waals surface area contributed by atoms with Crippen LogP contribution in [0.4, 0.5) is 0 Å². The van der Waals surface area contributed by atoms with Crippen molar-refractivity contribution in [2.24, 2.45) is 17.8 Å². The van der Waals surface area contributed by atoms with Crippen molar-refractivity contribution >= 4 is 39.6 Å². The molecule has 11 heteroatoms. The fraction of sp³-hybridized carbons (Fsp3) is 0.600. The van der Waals surface area contributed by atoms with Crippen LogP contribution in [-0.4, -0.2) is 93.0 Å². The molecule has 4 rings (SSSR count). The number of halogens is 1. The number of likely N-dealkylation sites (tertiary alicyclic amines) is 1. The fourth-order valence-corrected chi connectivity index (χ4v) is 8.27. The fourth-order valence-electron chi connectivity index (χ4n) is 7.32. The molecule has 0 saturated carbocycles. The van der Waals surface area contributed by atoms with E-state index in [-0.39, 0.29) is 54.7 Å². The van der Waals surface area contributed by atoms with Crippen molar-refractivity contribution in [3.63, 3.8) is 0 Å². The van der Waals surface area contributed by atoms with E-state index in [4.69, 9.17) is 9.47 Å². The standard InChI is InChI=1S/C35H48BrN3O7/c1-7-9-15-27(41)37-19-26(23-13-11-10-12-14-23)45-34(44)28-29-32(42)39(24(20-40)17-21(3)4)31(33(43)38(16-8-2)22(5)6)35(29)18-25(36)30(28)46-35/h7-8,10-14,21-22,24-26,28-31,40H,1-2,9,15-20H2,3-6H3,(H,37,41)/t24-,25?,26+,28-,29+,30-,31-,35+/m1/s1. The van der Waals surface area contributed by atoms with E-state index in [0.717, 1.165) is 0 Å². The van der Waals surface area contributed by atoms with Crippen molar-refractivity contribution < 1.29 is 33.8 Å². The van der Waals surface area contributed by atoms with Gasteiger partial charge in [0.05, 0.1) is 37.1 Å². The summed E-state index contributed by atoms with van der Waals surface area (Å²) in [6.07, 6.45) is 3.37. The van der Waals surface area contributed by atoms with Gasteiger partial charge in [0.25, 0.3) is 0 Å². The average Bonchev–Trinajstić information content (AvgIpc) is 3.62. The number of aliphatic hydroxyl groups is 1. The number of carbonyl (C=O) groups is 4. The molecule has 3 fully saturated rings. The zero-order valence-electron chi connectivity index (χ0n) is 27.3. The van der Waals surface area contributed by atoms with E-state index in [9.17, 15) is 24.3 Å². The largest absolute Gasteiger partial charge is 0.455 e. The highest BCUT2D eigenvalue weighted by molar-refractivity contribution is 9.09. The molecule has 2 N–H and O–H groups in total. The smallest absolute Gasteiger partial charge is 0.313 e. The molecule has 3 aliphatic heterocycles. The number of alkyl halides is 1. The van der Waals surface area contributed by atoms with Gasteiger partial charge >= 0.3 is 5.97 Å². The van der Waals surface area contributed by atoms with Crippen molar-refractivity contribution in [1.29, 1.82) is 0 Å². The second kappa shape index (κ2) is 15.3. The summed E-state index contributed by atoms with van der Waals surface area (Å²) >= 11 is 3.71. The number of hydrogen-bond donors (Lipinski definition) is 2. The van der Waals surface area contributed by atoms with Crippen molar-refractivity contribution in [2.45, 2.75) is 94.1 Å². The van der Waals surface area contributed by atoms with Crippen LogP contribution in [0.1, 0.15) is 65.0 Å². The van der Waals surface area contributed by atoms with E-state index in [1.54, 1.807) is 17.1 Å². The highest BCUT2D eigenvalue weighted by atomic mass is 79.9. The Kier molecular flexibility index (Phi) is 11.9. The van der Waals surface area contributed by atoms with Gasteiger partial charge < -0.3 is 29.7 Å². The summed E-state index contributed by atoms with van der Waals surface area (Å²) in [6.45, 7) is 15.2. The Morgan fingerprint density at radius 2 is 1.89 bits per heavy atom. The SMILES string of the molecule is C=CCCC(=O)NC[C@H](OC(=O)[C@H]1[C@@H]2O[C@@]3(CC2Br)[C@@H]1C(=O)N([C@@H](CO)CC(C)C)[C@@H]3C(=O)N(CC=C)C(C)C)c1ccccc1. The third-order valence-electron chi connectivity index (χ3n) is 9.30. The molecule has 1 spiro atoms. The lowest BCUT2D eigenvalue weighted by Crippen LogP contribution is -2.60. The molecular formula is C35H48BrN3O7. The highest BCUT2D eigenvalue weighted by Gasteiger charge is 2.77. The third kappa shape index (κ3) is 6.96. The van der Waals surface area contributed by atoms with Crippen LogP contribution < -0.4 is 5.32 Å². The second-order valence-corrected chi connectivity index (χ2v) is 14.4. The monoisotopic (exact) mass is 701 g/mol. The number of carbonyl (C=O) groups excluding carboxylic acids is 4. The van der Waals surface area contributed by atoms with E-state index >= 15 is 0 Å². The van der Waals surface area contributed by atoms with Gasteiger partial charge in [-0.3, -0.25) is 19.2 Å². The van der Waals surface area contributed by atoms with Crippen LogP contribution in [0.25, 0.3) is 0 Å². The molecule has 3 amide bonds. The van der Waals surface area contributed by atoms with Gasteiger partial charge in [-0.15, -0.1) is 13.2 Å². The van der Waals surface area contributed by atoms with Gasteiger partial charge in [0.2, 0.25) is 17.7 Å². The Balaban J connectivity index is 1.72. The molecule has 8 atom stereocenters. The van der Waals surface area contributed by atoms with Gasteiger partial charge in [0, 0.05) is 23.8 Å². The summed E-state index contributed by atoms with van der Waals surface area (Å²) in [6, 6.07) is 7.24. The Labute approximate surface area is 280 Å². The molecule has 10 nitrogen and oxygen atoms in total. The zero-order chi connectivity index (χ0) is 33.8. The summed E-state index contributed by atoms with van der Waals surface area (Å²) in [5, 5.41) is 13.4. The predicted molar refractivity (Wildman–Crippen MR) is 178 cm³/mol. The minimum absolute atomic E-state index is 0.0462. The molecule has 0 aliphatic carbocycles. The summed E-state index contributed by atoms with van der Waals surface area (Å²) in [5.74, 6) is -3.37. The Morgan fingerprint density at radius 1 is 1.20 bits per heavy atom. The first kappa shape index (κ1) is 35.8. The van der Waals surface area contributed by atoms with E-state index in [2.05, 4.69) is 34.4 Å². The van der Waals surface area contributed by atoms with E-state index < -0.39 is 53.6 Å². The summed E-state index contributed by atoms with van der Waals surface area (Å²) < 4.78 is 12.8. The zero-order valence-corrected chi connectivity index (χ0v) is 28.9. The first-order valence-electron chi connectivity index (χ1n) is 16.2. The topological polar surface area (TPSA) is 125 Å². The lowest BCUT2D eigenvalue weighted by Gasteiger charge is -2.40. The van der Waals surface area contributed by atoms with Crippen molar-refractivity contribution in [3.8, 4) is 0 Å². The van der Waals surface area contributed by atoms with Crippen LogP contribution in [0, 0.1) is 17.8 Å². The van der Waals surface area contributed by atoms with Crippen LogP contribution in [0.5, 0.6) is 0 Å². The molecular weight excluding hydrogens is 654 g/mol. The van der Waals surface area contributed by atoms with Gasteiger partial charge in [-0.1, -0.05) is 72.3 Å². The molecule has 1 aromatic rings. The molecule has 1 unspecified atom stereocenters. The molecule has 0 radical (unpaired) electrons. The molecule has 252 valence electrons. The van der Waals surface area contributed by atoms with E-state index in [1.165, 1.54) is 4.90 Å². The van der Waals surface area contributed by atoms with Crippen molar-refractivity contribution in [2.75, 3.05) is 19.7 Å². The number of rotatable bonds is 16. The van der Waals surface area contributed by atoms with Crippen molar-refractivity contribution in [3.05, 3.63) is 61.2 Å². The van der Waals surface area contributed by atoms with Gasteiger partial charge in [0.1, 0.15) is 17.7 Å². The minimum Gasteiger partial charge on any atom is -0.455 e. The highest BCUT2D eigenvalue weighted by Crippen LogP contribution is 2.61. The normalized spacial score (nSPS) is 27.8. The van der Waals surface area contributed by atoms with Gasteiger partial charge in [-0.25, -0.2) is 0 Å². The summed E-state index contributed by atoms with van der Waals surface area (Å²) in [7, 11) is 0. The lowest BCUT2D eigenvalue weighted by atomic mass is 9.70. The average molecular weight is 703 g/mol. The molecule has 3 saturated heterocycles. The number of allylic oxidation sites excluding steroid dienone is 1. The minimum atomic E-state index is -1.30. The van der Waals surface area contributed by atoms with Crippen LogP contribution in [-0.2, 0) is 28.7 Å². The number of esters is 1. The maximum Gasteiger partial charge on any atom is 0.313 e. The number of aliphatic hydroxyl groups excluding tert-OH is 1. The number of fused-ring (bicyclic) bond motifs is 1. The number of nitrogens with one attached hydrogen (secondary N) is 1. The number of amides is 3. The third-order valence-corrected chi connectivity index (χ3v) is 10.1. The van der Waals surface area contributed by atoms with Crippen LogP contribution in [0.3, 0.4) is 0 Å².